The number of carbonyl (C=O) groups excluding carboxylic acids is 1. The minimum atomic E-state index is -3.93. The van der Waals surface area contributed by atoms with Gasteiger partial charge in [-0.25, -0.2) is 8.42 Å². The molecule has 7 heteroatoms. The summed E-state index contributed by atoms with van der Waals surface area (Å²) in [5.74, 6) is 0.365. The van der Waals surface area contributed by atoms with E-state index in [1.54, 1.807) is 42.5 Å². The molecule has 0 fully saturated rings. The summed E-state index contributed by atoms with van der Waals surface area (Å²) in [6, 6.07) is 21.2. The van der Waals surface area contributed by atoms with Crippen LogP contribution in [0.1, 0.15) is 30.5 Å². The molecule has 3 rings (SSSR count). The minimum absolute atomic E-state index is 0.0821. The molecule has 0 unspecified atom stereocenters. The van der Waals surface area contributed by atoms with Crippen LogP contribution in [0.4, 0.5) is 5.69 Å². The van der Waals surface area contributed by atoms with E-state index in [4.69, 9.17) is 4.74 Å². The molecule has 33 heavy (non-hydrogen) atoms. The van der Waals surface area contributed by atoms with E-state index in [9.17, 15) is 13.2 Å². The van der Waals surface area contributed by atoms with Gasteiger partial charge in [-0.2, -0.15) is 0 Å². The summed E-state index contributed by atoms with van der Waals surface area (Å²) in [6.07, 6.45) is 0.0821. The SMILES string of the molecule is Cc1ccc(S(=O)(=O)N(CC(=O)NCc2ccc(OC(C)C)cc2)c2cccc(C)c2)cc1. The van der Waals surface area contributed by atoms with Crippen molar-refractivity contribution in [2.24, 2.45) is 0 Å². The van der Waals surface area contributed by atoms with E-state index < -0.39 is 15.9 Å². The molecule has 0 bridgehead atoms. The lowest BCUT2D eigenvalue weighted by Gasteiger charge is -2.24. The Kier molecular flexibility index (Phi) is 7.76. The zero-order valence-corrected chi connectivity index (χ0v) is 20.2. The standard InChI is InChI=1S/C26H30N2O4S/c1-19(2)32-24-12-10-22(11-13-24)17-27-26(29)18-28(23-7-5-6-21(4)16-23)33(30,31)25-14-8-20(3)9-15-25/h5-16,19H,17-18H2,1-4H3,(H,27,29). The van der Waals surface area contributed by atoms with Crippen molar-refractivity contribution in [2.45, 2.75) is 45.2 Å². The highest BCUT2D eigenvalue weighted by atomic mass is 32.2. The van der Waals surface area contributed by atoms with Gasteiger partial charge in [0.15, 0.2) is 0 Å². The van der Waals surface area contributed by atoms with Crippen LogP contribution in [0.25, 0.3) is 0 Å². The molecule has 3 aromatic rings. The number of sulfonamides is 1. The van der Waals surface area contributed by atoms with E-state index >= 15 is 0 Å². The fourth-order valence-corrected chi connectivity index (χ4v) is 4.69. The summed E-state index contributed by atoms with van der Waals surface area (Å²) in [7, 11) is -3.93. The van der Waals surface area contributed by atoms with Crippen LogP contribution in [0.2, 0.25) is 0 Å². The van der Waals surface area contributed by atoms with Crippen molar-refractivity contribution in [1.82, 2.24) is 5.32 Å². The highest BCUT2D eigenvalue weighted by Gasteiger charge is 2.27. The number of amides is 1. The summed E-state index contributed by atoms with van der Waals surface area (Å²) in [5.41, 5.74) is 3.20. The molecule has 174 valence electrons. The number of hydrogen-bond donors (Lipinski definition) is 1. The van der Waals surface area contributed by atoms with E-state index in [2.05, 4.69) is 5.32 Å². The monoisotopic (exact) mass is 466 g/mol. The van der Waals surface area contributed by atoms with Gasteiger partial charge in [0.2, 0.25) is 5.91 Å². The average molecular weight is 467 g/mol. The molecule has 1 amide bonds. The number of ether oxygens (including phenoxy) is 1. The first-order valence-electron chi connectivity index (χ1n) is 10.8. The lowest BCUT2D eigenvalue weighted by atomic mass is 10.2. The molecule has 6 nitrogen and oxygen atoms in total. The quantitative estimate of drug-likeness (QED) is 0.500. The van der Waals surface area contributed by atoms with Crippen molar-refractivity contribution in [3.8, 4) is 5.75 Å². The number of aryl methyl sites for hydroxylation is 2. The Balaban J connectivity index is 1.77. The van der Waals surface area contributed by atoms with Crippen molar-refractivity contribution in [2.75, 3.05) is 10.8 Å². The van der Waals surface area contributed by atoms with Crippen LogP contribution in [0.5, 0.6) is 5.75 Å². The Bertz CT molecular complexity index is 1190. The minimum Gasteiger partial charge on any atom is -0.491 e. The summed E-state index contributed by atoms with van der Waals surface area (Å²) < 4.78 is 33.6. The molecule has 0 radical (unpaired) electrons. The van der Waals surface area contributed by atoms with Gasteiger partial charge in [0.05, 0.1) is 16.7 Å². The van der Waals surface area contributed by atoms with Crippen molar-refractivity contribution in [3.63, 3.8) is 0 Å². The Morgan fingerprint density at radius 1 is 0.939 bits per heavy atom. The van der Waals surface area contributed by atoms with Crippen molar-refractivity contribution in [1.29, 1.82) is 0 Å². The second-order valence-electron chi connectivity index (χ2n) is 8.25. The highest BCUT2D eigenvalue weighted by Crippen LogP contribution is 2.24. The van der Waals surface area contributed by atoms with E-state index in [1.807, 2.05) is 58.0 Å². The number of carbonyl (C=O) groups is 1. The van der Waals surface area contributed by atoms with Gasteiger partial charge in [-0.15, -0.1) is 0 Å². The number of hydrogen-bond acceptors (Lipinski definition) is 4. The average Bonchev–Trinajstić information content (AvgIpc) is 2.77. The van der Waals surface area contributed by atoms with Crippen LogP contribution in [-0.4, -0.2) is 27.0 Å². The van der Waals surface area contributed by atoms with Crippen LogP contribution >= 0.6 is 0 Å². The molecule has 0 aliphatic heterocycles. The third-order valence-corrected chi connectivity index (χ3v) is 6.76. The van der Waals surface area contributed by atoms with Gasteiger partial charge in [0, 0.05) is 6.54 Å². The maximum Gasteiger partial charge on any atom is 0.264 e. The smallest absolute Gasteiger partial charge is 0.264 e. The maximum atomic E-state index is 13.4. The third kappa shape index (κ3) is 6.58. The van der Waals surface area contributed by atoms with Crippen LogP contribution in [0.15, 0.2) is 77.7 Å². The molecule has 3 aromatic carbocycles. The first-order valence-corrected chi connectivity index (χ1v) is 12.3. The van der Waals surface area contributed by atoms with Gasteiger partial charge in [-0.3, -0.25) is 9.10 Å². The van der Waals surface area contributed by atoms with Gasteiger partial charge < -0.3 is 10.1 Å². The largest absolute Gasteiger partial charge is 0.491 e. The zero-order chi connectivity index (χ0) is 24.0. The number of nitrogens with zero attached hydrogens (tertiary/aromatic N) is 1. The molecule has 0 atom stereocenters. The van der Waals surface area contributed by atoms with Gasteiger partial charge in [0.25, 0.3) is 10.0 Å². The van der Waals surface area contributed by atoms with Gasteiger partial charge in [-0.1, -0.05) is 42.0 Å². The van der Waals surface area contributed by atoms with Crippen molar-refractivity contribution < 1.29 is 17.9 Å². The molecule has 0 heterocycles. The summed E-state index contributed by atoms with van der Waals surface area (Å²) in [4.78, 5) is 12.9. The van der Waals surface area contributed by atoms with Crippen LogP contribution in [-0.2, 0) is 21.4 Å². The summed E-state index contributed by atoms with van der Waals surface area (Å²) >= 11 is 0. The van der Waals surface area contributed by atoms with Crippen molar-refractivity contribution in [3.05, 3.63) is 89.5 Å². The fraction of sp³-hybridized carbons (Fsp3) is 0.269. The third-order valence-electron chi connectivity index (χ3n) is 4.97. The van der Waals surface area contributed by atoms with E-state index in [0.29, 0.717) is 5.69 Å². The molecule has 0 saturated carbocycles. The van der Waals surface area contributed by atoms with Crippen LogP contribution < -0.4 is 14.4 Å². The molecule has 0 aliphatic carbocycles. The second-order valence-corrected chi connectivity index (χ2v) is 10.1. The number of rotatable bonds is 9. The van der Waals surface area contributed by atoms with E-state index in [1.165, 1.54) is 0 Å². The second kappa shape index (κ2) is 10.5. The van der Waals surface area contributed by atoms with Gasteiger partial charge in [0.1, 0.15) is 12.3 Å². The Labute approximate surface area is 196 Å². The van der Waals surface area contributed by atoms with E-state index in [0.717, 1.165) is 26.7 Å². The van der Waals surface area contributed by atoms with E-state index in [-0.39, 0.29) is 24.1 Å². The number of anilines is 1. The topological polar surface area (TPSA) is 75.7 Å². The van der Waals surface area contributed by atoms with Gasteiger partial charge >= 0.3 is 0 Å². The highest BCUT2D eigenvalue weighted by molar-refractivity contribution is 7.92. The maximum absolute atomic E-state index is 13.4. The van der Waals surface area contributed by atoms with Crippen LogP contribution in [0, 0.1) is 13.8 Å². The lowest BCUT2D eigenvalue weighted by Crippen LogP contribution is -2.40. The summed E-state index contributed by atoms with van der Waals surface area (Å²) in [6.45, 7) is 7.65. The molecule has 0 aromatic heterocycles. The Hall–Kier alpha value is -3.32. The molecule has 1 N–H and O–H groups in total. The Morgan fingerprint density at radius 3 is 2.21 bits per heavy atom. The Morgan fingerprint density at radius 2 is 1.61 bits per heavy atom. The molecule has 0 spiro atoms. The molecular weight excluding hydrogens is 436 g/mol. The predicted molar refractivity (Wildman–Crippen MR) is 131 cm³/mol. The molecule has 0 aliphatic rings. The number of benzene rings is 3. The van der Waals surface area contributed by atoms with Gasteiger partial charge in [-0.05, 0) is 75.2 Å². The number of nitrogens with one attached hydrogen (secondary N) is 1. The first-order chi connectivity index (χ1) is 15.6. The first kappa shape index (κ1) is 24.3. The van der Waals surface area contributed by atoms with Crippen LogP contribution in [0.3, 0.4) is 0 Å². The zero-order valence-electron chi connectivity index (χ0n) is 19.4. The molecular formula is C26H30N2O4S. The summed E-state index contributed by atoms with van der Waals surface area (Å²) in [5, 5.41) is 2.82. The molecule has 0 saturated heterocycles. The lowest BCUT2D eigenvalue weighted by molar-refractivity contribution is -0.119. The van der Waals surface area contributed by atoms with Crippen molar-refractivity contribution >= 4 is 21.6 Å². The fourth-order valence-electron chi connectivity index (χ4n) is 3.28. The normalized spacial score (nSPS) is 11.3. The predicted octanol–water partition coefficient (Wildman–Crippen LogP) is 4.60.